The topological polar surface area (TPSA) is 76.9 Å². The highest BCUT2D eigenvalue weighted by Gasteiger charge is 2.40. The molecule has 2 aliphatic rings. The number of nitrogens with zero attached hydrogens (tertiary/aromatic N) is 3. The van der Waals surface area contributed by atoms with Crippen molar-refractivity contribution in [3.8, 4) is 11.4 Å². The van der Waals surface area contributed by atoms with Gasteiger partial charge in [0.05, 0.1) is 11.1 Å². The lowest BCUT2D eigenvalue weighted by atomic mass is 9.86. The molecule has 2 saturated carbocycles. The summed E-state index contributed by atoms with van der Waals surface area (Å²) in [5.41, 5.74) is 3.64. The second-order valence-corrected chi connectivity index (χ2v) is 8.00. The monoisotopic (exact) mass is 374 g/mol. The average molecular weight is 374 g/mol. The first-order valence-electron chi connectivity index (χ1n) is 9.92. The maximum absolute atomic E-state index is 12.9. The van der Waals surface area contributed by atoms with E-state index in [0.29, 0.717) is 35.0 Å². The van der Waals surface area contributed by atoms with E-state index in [1.54, 1.807) is 12.3 Å². The molecule has 2 fully saturated rings. The van der Waals surface area contributed by atoms with Crippen LogP contribution in [-0.2, 0) is 4.79 Å². The highest BCUT2D eigenvalue weighted by molar-refractivity contribution is 5.93. The van der Waals surface area contributed by atoms with E-state index in [9.17, 15) is 9.59 Å². The fourth-order valence-electron chi connectivity index (χ4n) is 4.99. The minimum Gasteiger partial charge on any atom is -0.273 e. The number of benzene rings is 1. The van der Waals surface area contributed by atoms with E-state index in [1.807, 2.05) is 36.4 Å². The highest BCUT2D eigenvalue weighted by atomic mass is 16.2. The Hall–Kier alpha value is -3.02. The van der Waals surface area contributed by atoms with E-state index < -0.39 is 0 Å². The van der Waals surface area contributed by atoms with Crippen molar-refractivity contribution in [2.75, 3.05) is 5.43 Å². The number of aromatic nitrogens is 3. The number of rotatable bonds is 4. The molecule has 3 atom stereocenters. The van der Waals surface area contributed by atoms with E-state index in [-0.39, 0.29) is 11.5 Å². The molecule has 2 bridgehead atoms. The Morgan fingerprint density at radius 3 is 2.61 bits per heavy atom. The number of pyridine rings is 1. The van der Waals surface area contributed by atoms with Gasteiger partial charge in [-0.1, -0.05) is 30.7 Å². The summed E-state index contributed by atoms with van der Waals surface area (Å²) in [6, 6.07) is 12.8. The van der Waals surface area contributed by atoms with Gasteiger partial charge in [0, 0.05) is 18.0 Å². The summed E-state index contributed by atoms with van der Waals surface area (Å²) in [4.78, 5) is 31.0. The van der Waals surface area contributed by atoms with Gasteiger partial charge in [0.25, 0.3) is 5.56 Å². The summed E-state index contributed by atoms with van der Waals surface area (Å²) in [5, 5.41) is 5.68. The van der Waals surface area contributed by atoms with Gasteiger partial charge >= 0.3 is 0 Å². The molecule has 0 radical (unpaired) electrons. The van der Waals surface area contributed by atoms with Crippen LogP contribution in [0.3, 0.4) is 0 Å². The second-order valence-electron chi connectivity index (χ2n) is 8.00. The largest absolute Gasteiger partial charge is 0.294 e. The van der Waals surface area contributed by atoms with E-state index in [2.05, 4.69) is 15.5 Å². The molecule has 0 aliphatic heterocycles. The molecule has 2 heterocycles. The van der Waals surface area contributed by atoms with E-state index in [0.717, 1.165) is 22.5 Å². The standard InChI is InChI=1S/C22H22N4O2/c27-20(13-16-12-14-8-9-15(16)11-14)24-26-22(28)18-6-2-1-5-17(18)21(25-26)19-7-3-4-10-23-19/h1-7,10,14-16H,8-9,11-13H2,(H,24,27). The average Bonchev–Trinajstić information content (AvgIpc) is 3.34. The molecular formula is C22H22N4O2. The Bertz CT molecular complexity index is 1090. The zero-order valence-corrected chi connectivity index (χ0v) is 15.5. The Labute approximate surface area is 162 Å². The van der Waals surface area contributed by atoms with Crippen LogP contribution >= 0.6 is 0 Å². The number of hydrogen-bond acceptors (Lipinski definition) is 4. The molecule has 142 valence electrons. The Balaban J connectivity index is 1.48. The van der Waals surface area contributed by atoms with Crippen LogP contribution in [0.4, 0.5) is 0 Å². The molecule has 3 unspecified atom stereocenters. The first-order valence-corrected chi connectivity index (χ1v) is 9.92. The van der Waals surface area contributed by atoms with Crippen LogP contribution in [0.2, 0.25) is 0 Å². The molecule has 2 aromatic heterocycles. The number of hydrogen-bond donors (Lipinski definition) is 1. The van der Waals surface area contributed by atoms with Crippen LogP contribution in [-0.4, -0.2) is 20.8 Å². The van der Waals surface area contributed by atoms with Crippen molar-refractivity contribution in [2.24, 2.45) is 17.8 Å². The third-order valence-corrected chi connectivity index (χ3v) is 6.28. The predicted molar refractivity (Wildman–Crippen MR) is 107 cm³/mol. The van der Waals surface area contributed by atoms with E-state index in [4.69, 9.17) is 0 Å². The lowest BCUT2D eigenvalue weighted by Gasteiger charge is -2.21. The maximum atomic E-state index is 12.9. The van der Waals surface area contributed by atoms with Crippen LogP contribution in [0, 0.1) is 17.8 Å². The zero-order chi connectivity index (χ0) is 19.1. The Morgan fingerprint density at radius 2 is 1.89 bits per heavy atom. The van der Waals surface area contributed by atoms with E-state index in [1.165, 1.54) is 19.3 Å². The normalized spacial score (nSPS) is 23.2. The van der Waals surface area contributed by atoms with Gasteiger partial charge in [0.1, 0.15) is 5.69 Å². The van der Waals surface area contributed by atoms with Crippen molar-refractivity contribution in [3.63, 3.8) is 0 Å². The van der Waals surface area contributed by atoms with Crippen molar-refractivity contribution in [1.29, 1.82) is 0 Å². The molecule has 1 amide bonds. The van der Waals surface area contributed by atoms with Crippen LogP contribution in [0.1, 0.15) is 32.1 Å². The van der Waals surface area contributed by atoms with Gasteiger partial charge < -0.3 is 0 Å². The van der Waals surface area contributed by atoms with Gasteiger partial charge in [-0.25, -0.2) is 5.43 Å². The molecular weight excluding hydrogens is 352 g/mol. The molecule has 6 nitrogen and oxygen atoms in total. The minimum absolute atomic E-state index is 0.144. The quantitative estimate of drug-likeness (QED) is 0.760. The zero-order valence-electron chi connectivity index (χ0n) is 15.5. The van der Waals surface area contributed by atoms with Crippen LogP contribution in [0.5, 0.6) is 0 Å². The first kappa shape index (κ1) is 17.1. The molecule has 1 aromatic carbocycles. The van der Waals surface area contributed by atoms with Crippen molar-refractivity contribution in [3.05, 3.63) is 59.0 Å². The molecule has 1 N–H and O–H groups in total. The van der Waals surface area contributed by atoms with Gasteiger partial charge in [-0.2, -0.15) is 0 Å². The summed E-state index contributed by atoms with van der Waals surface area (Å²) < 4.78 is 0. The fraction of sp³-hybridized carbons (Fsp3) is 0.364. The first-order chi connectivity index (χ1) is 13.7. The second kappa shape index (κ2) is 6.86. The third kappa shape index (κ3) is 2.99. The number of amides is 1. The van der Waals surface area contributed by atoms with Gasteiger partial charge in [-0.3, -0.25) is 14.6 Å². The molecule has 6 heteroatoms. The fourth-order valence-corrected chi connectivity index (χ4v) is 4.99. The van der Waals surface area contributed by atoms with Gasteiger partial charge in [0.2, 0.25) is 5.91 Å². The number of fused-ring (bicyclic) bond motifs is 3. The van der Waals surface area contributed by atoms with Crippen molar-refractivity contribution in [2.45, 2.75) is 32.1 Å². The number of nitrogens with one attached hydrogen (secondary N) is 1. The SMILES string of the molecule is O=C(CC1CC2CCC1C2)Nn1nc(-c2ccccn2)c2ccccc2c1=O. The van der Waals surface area contributed by atoms with Gasteiger partial charge in [-0.15, -0.1) is 9.89 Å². The Kier molecular flexibility index (Phi) is 4.19. The smallest absolute Gasteiger partial charge is 0.273 e. The molecule has 2 aliphatic carbocycles. The summed E-state index contributed by atoms with van der Waals surface area (Å²) in [5.74, 6) is 1.75. The Morgan fingerprint density at radius 1 is 1.07 bits per heavy atom. The molecule has 28 heavy (non-hydrogen) atoms. The lowest BCUT2D eigenvalue weighted by Crippen LogP contribution is -2.36. The van der Waals surface area contributed by atoms with Crippen LogP contribution in [0.15, 0.2) is 53.5 Å². The molecule has 0 saturated heterocycles. The van der Waals surface area contributed by atoms with Gasteiger partial charge in [-0.05, 0) is 55.2 Å². The number of carbonyl (C=O) groups excluding carboxylic acids is 1. The predicted octanol–water partition coefficient (Wildman–Crippen LogP) is 3.35. The summed E-state index contributed by atoms with van der Waals surface area (Å²) in [7, 11) is 0. The van der Waals surface area contributed by atoms with Crippen molar-refractivity contribution >= 4 is 16.7 Å². The molecule has 3 aromatic rings. The van der Waals surface area contributed by atoms with E-state index >= 15 is 0 Å². The highest BCUT2D eigenvalue weighted by Crippen LogP contribution is 2.49. The van der Waals surface area contributed by atoms with Crippen molar-refractivity contribution < 1.29 is 4.79 Å². The summed E-state index contributed by atoms with van der Waals surface area (Å²) >= 11 is 0. The lowest BCUT2D eigenvalue weighted by molar-refractivity contribution is -0.118. The number of carbonyl (C=O) groups is 1. The van der Waals surface area contributed by atoms with Gasteiger partial charge in [0.15, 0.2) is 0 Å². The van der Waals surface area contributed by atoms with Crippen molar-refractivity contribution in [1.82, 2.24) is 14.9 Å². The molecule has 0 spiro atoms. The summed E-state index contributed by atoms with van der Waals surface area (Å²) in [6.07, 6.45) is 7.09. The van der Waals surface area contributed by atoms with Crippen LogP contribution in [0.25, 0.3) is 22.2 Å². The third-order valence-electron chi connectivity index (χ3n) is 6.28. The molecule has 5 rings (SSSR count). The summed E-state index contributed by atoms with van der Waals surface area (Å²) in [6.45, 7) is 0. The minimum atomic E-state index is -0.323. The maximum Gasteiger partial charge on any atom is 0.294 e. The van der Waals surface area contributed by atoms with Crippen LogP contribution < -0.4 is 11.0 Å².